The van der Waals surface area contributed by atoms with Gasteiger partial charge in [-0.2, -0.15) is 0 Å². The van der Waals surface area contributed by atoms with Crippen molar-refractivity contribution in [3.8, 4) is 5.75 Å². The lowest BCUT2D eigenvalue weighted by molar-refractivity contribution is -0.111. The van der Waals surface area contributed by atoms with Gasteiger partial charge in [-0.15, -0.1) is 11.3 Å². The van der Waals surface area contributed by atoms with Crippen molar-refractivity contribution < 1.29 is 17.9 Å². The van der Waals surface area contributed by atoms with Gasteiger partial charge in [0.15, 0.2) is 0 Å². The summed E-state index contributed by atoms with van der Waals surface area (Å²) in [5.41, 5.74) is 0.231. The topological polar surface area (TPSA) is 98.5 Å². The Labute approximate surface area is 132 Å². The van der Waals surface area contributed by atoms with Gasteiger partial charge >= 0.3 is 0 Å². The quantitative estimate of drug-likeness (QED) is 0.815. The molecule has 0 bridgehead atoms. The van der Waals surface area contributed by atoms with E-state index in [1.54, 1.807) is 6.08 Å². The van der Waals surface area contributed by atoms with E-state index in [9.17, 15) is 13.2 Å². The van der Waals surface area contributed by atoms with Crippen LogP contribution in [0.3, 0.4) is 0 Å². The molecule has 0 radical (unpaired) electrons. The second-order valence-corrected chi connectivity index (χ2v) is 6.79. The van der Waals surface area contributed by atoms with Crippen molar-refractivity contribution in [2.75, 3.05) is 12.4 Å². The highest BCUT2D eigenvalue weighted by molar-refractivity contribution is 7.89. The number of benzene rings is 1. The number of hydrogen-bond donors (Lipinski definition) is 2. The molecule has 0 unspecified atom stereocenters. The lowest BCUT2D eigenvalue weighted by Gasteiger charge is -2.10. The zero-order valence-electron chi connectivity index (χ0n) is 11.6. The Morgan fingerprint density at radius 2 is 2.14 bits per heavy atom. The molecule has 0 aliphatic carbocycles. The number of anilines is 1. The van der Waals surface area contributed by atoms with Crippen LogP contribution in [-0.4, -0.2) is 21.4 Å². The number of ether oxygens (including phenoxy) is 1. The molecule has 1 heterocycles. The van der Waals surface area contributed by atoms with Crippen LogP contribution in [0.15, 0.2) is 46.7 Å². The molecule has 0 saturated heterocycles. The summed E-state index contributed by atoms with van der Waals surface area (Å²) in [7, 11) is -2.44. The fourth-order valence-corrected chi connectivity index (χ4v) is 2.84. The maximum atomic E-state index is 11.9. The minimum atomic E-state index is -3.86. The molecule has 0 atom stereocenters. The Morgan fingerprint density at radius 1 is 1.36 bits per heavy atom. The zero-order chi connectivity index (χ0) is 16.2. The Kier molecular flexibility index (Phi) is 4.96. The van der Waals surface area contributed by atoms with Crippen molar-refractivity contribution >= 4 is 39.0 Å². The number of hydrogen-bond acceptors (Lipinski definition) is 5. The van der Waals surface area contributed by atoms with Gasteiger partial charge in [0, 0.05) is 11.0 Å². The molecule has 1 aromatic heterocycles. The molecule has 22 heavy (non-hydrogen) atoms. The molecule has 0 fully saturated rings. The Balaban J connectivity index is 2.22. The number of rotatable bonds is 5. The van der Waals surface area contributed by atoms with E-state index in [-0.39, 0.29) is 10.6 Å². The summed E-state index contributed by atoms with van der Waals surface area (Å²) in [6.07, 6.45) is 3.02. The van der Waals surface area contributed by atoms with E-state index in [0.29, 0.717) is 5.75 Å². The Morgan fingerprint density at radius 3 is 2.73 bits per heavy atom. The summed E-state index contributed by atoms with van der Waals surface area (Å²) in [5.74, 6) is -0.0662. The summed E-state index contributed by atoms with van der Waals surface area (Å²) in [6.45, 7) is 0. The number of sulfonamides is 1. The molecule has 2 aromatic rings. The predicted octanol–water partition coefficient (Wildman–Crippen LogP) is 2.06. The van der Waals surface area contributed by atoms with Gasteiger partial charge in [0.1, 0.15) is 5.75 Å². The van der Waals surface area contributed by atoms with Crippen LogP contribution in [0.1, 0.15) is 4.88 Å². The van der Waals surface area contributed by atoms with Gasteiger partial charge in [0.05, 0.1) is 17.7 Å². The smallest absolute Gasteiger partial charge is 0.248 e. The van der Waals surface area contributed by atoms with E-state index in [4.69, 9.17) is 9.88 Å². The van der Waals surface area contributed by atoms with Crippen LogP contribution >= 0.6 is 11.3 Å². The minimum Gasteiger partial charge on any atom is -0.495 e. The Bertz CT molecular complexity index is 796. The number of carbonyl (C=O) groups excluding carboxylic acids is 1. The first kappa shape index (κ1) is 16.2. The van der Waals surface area contributed by atoms with Crippen LogP contribution in [0.5, 0.6) is 5.75 Å². The van der Waals surface area contributed by atoms with Crippen molar-refractivity contribution in [2.24, 2.45) is 5.14 Å². The molecule has 1 amide bonds. The standard InChI is InChI=1S/C14H14N2O4S2/c1-20-13-6-5-11(22(15,18)19)9-12(13)16-14(17)7-4-10-3-2-8-21-10/h2-9H,1H3,(H,16,17)(H2,15,18,19). The van der Waals surface area contributed by atoms with Crippen LogP contribution < -0.4 is 15.2 Å². The van der Waals surface area contributed by atoms with Crippen molar-refractivity contribution in [1.82, 2.24) is 0 Å². The van der Waals surface area contributed by atoms with Gasteiger partial charge in [-0.1, -0.05) is 6.07 Å². The van der Waals surface area contributed by atoms with Crippen LogP contribution in [0.25, 0.3) is 6.08 Å². The third-order valence-corrected chi connectivity index (χ3v) is 4.45. The van der Waals surface area contributed by atoms with E-state index < -0.39 is 15.9 Å². The molecule has 0 spiro atoms. The molecule has 6 nitrogen and oxygen atoms in total. The van der Waals surface area contributed by atoms with E-state index in [1.165, 1.54) is 42.7 Å². The Hall–Kier alpha value is -2.16. The van der Waals surface area contributed by atoms with Crippen LogP contribution in [-0.2, 0) is 14.8 Å². The normalized spacial score (nSPS) is 11.5. The minimum absolute atomic E-state index is 0.106. The van der Waals surface area contributed by atoms with Gasteiger partial charge in [-0.25, -0.2) is 13.6 Å². The van der Waals surface area contributed by atoms with Gasteiger partial charge in [-0.05, 0) is 35.7 Å². The van der Waals surface area contributed by atoms with E-state index in [2.05, 4.69) is 5.32 Å². The number of thiophene rings is 1. The van der Waals surface area contributed by atoms with Crippen LogP contribution in [0, 0.1) is 0 Å². The first-order chi connectivity index (χ1) is 10.4. The lowest BCUT2D eigenvalue weighted by atomic mass is 10.3. The molecule has 1 aromatic carbocycles. The molecule has 3 N–H and O–H groups in total. The molecular weight excluding hydrogens is 324 g/mol. The average molecular weight is 338 g/mol. The number of methoxy groups -OCH3 is 1. The number of nitrogens with one attached hydrogen (secondary N) is 1. The van der Waals surface area contributed by atoms with E-state index in [1.807, 2.05) is 17.5 Å². The number of primary sulfonamides is 1. The highest BCUT2D eigenvalue weighted by atomic mass is 32.2. The summed E-state index contributed by atoms with van der Waals surface area (Å²) in [6, 6.07) is 7.74. The maximum absolute atomic E-state index is 11.9. The first-order valence-corrected chi connectivity index (χ1v) is 8.56. The van der Waals surface area contributed by atoms with Gasteiger partial charge in [0.25, 0.3) is 0 Å². The van der Waals surface area contributed by atoms with Crippen molar-refractivity contribution in [1.29, 1.82) is 0 Å². The SMILES string of the molecule is COc1ccc(S(N)(=O)=O)cc1NC(=O)C=Cc1cccs1. The van der Waals surface area contributed by atoms with Crippen molar-refractivity contribution in [3.05, 3.63) is 46.7 Å². The number of amides is 1. The second-order valence-electron chi connectivity index (χ2n) is 4.25. The van der Waals surface area contributed by atoms with Crippen LogP contribution in [0.2, 0.25) is 0 Å². The molecule has 116 valence electrons. The largest absolute Gasteiger partial charge is 0.495 e. The monoisotopic (exact) mass is 338 g/mol. The van der Waals surface area contributed by atoms with Gasteiger partial charge in [0.2, 0.25) is 15.9 Å². The molecule has 0 aliphatic rings. The molecular formula is C14H14N2O4S2. The summed E-state index contributed by atoms with van der Waals surface area (Å²) in [4.78, 5) is 12.7. The van der Waals surface area contributed by atoms with Crippen LogP contribution in [0.4, 0.5) is 5.69 Å². The molecule has 0 saturated carbocycles. The third-order valence-electron chi connectivity index (χ3n) is 2.70. The highest BCUT2D eigenvalue weighted by Gasteiger charge is 2.13. The average Bonchev–Trinajstić information content (AvgIpc) is 2.97. The number of carbonyl (C=O) groups is 1. The van der Waals surface area contributed by atoms with E-state index in [0.717, 1.165) is 4.88 Å². The molecule has 2 rings (SSSR count). The van der Waals surface area contributed by atoms with Gasteiger partial charge in [-0.3, -0.25) is 4.79 Å². The molecule has 0 aliphatic heterocycles. The zero-order valence-corrected chi connectivity index (χ0v) is 13.3. The van der Waals surface area contributed by atoms with Crippen molar-refractivity contribution in [2.45, 2.75) is 4.90 Å². The van der Waals surface area contributed by atoms with E-state index >= 15 is 0 Å². The van der Waals surface area contributed by atoms with Crippen molar-refractivity contribution in [3.63, 3.8) is 0 Å². The highest BCUT2D eigenvalue weighted by Crippen LogP contribution is 2.27. The predicted molar refractivity (Wildman–Crippen MR) is 86.3 cm³/mol. The summed E-state index contributed by atoms with van der Waals surface area (Å²) < 4.78 is 27.8. The maximum Gasteiger partial charge on any atom is 0.248 e. The fourth-order valence-electron chi connectivity index (χ4n) is 1.68. The summed E-state index contributed by atoms with van der Waals surface area (Å²) >= 11 is 1.50. The third kappa shape index (κ3) is 4.17. The lowest BCUT2D eigenvalue weighted by Crippen LogP contribution is -2.14. The number of nitrogens with two attached hydrogens (primary N) is 1. The second kappa shape index (κ2) is 6.73. The molecule has 8 heteroatoms. The first-order valence-electron chi connectivity index (χ1n) is 6.13. The van der Waals surface area contributed by atoms with Gasteiger partial charge < -0.3 is 10.1 Å². The summed E-state index contributed by atoms with van der Waals surface area (Å²) in [5, 5.41) is 9.55. The fraction of sp³-hybridized carbons (Fsp3) is 0.0714.